The molecule has 0 spiro atoms. The molecule has 1 fully saturated rings. The second-order valence-corrected chi connectivity index (χ2v) is 6.39. The van der Waals surface area contributed by atoms with E-state index in [1.165, 1.54) is 13.8 Å². The Kier molecular flexibility index (Phi) is 2.68. The summed E-state index contributed by atoms with van der Waals surface area (Å²) in [5.41, 5.74) is 0. The van der Waals surface area contributed by atoms with Gasteiger partial charge in [-0.2, -0.15) is 16.8 Å². The molecule has 0 aliphatic carbocycles. The average Bonchev–Trinajstić information content (AvgIpc) is 1.85. The molecule has 0 aromatic heterocycles. The van der Waals surface area contributed by atoms with Crippen molar-refractivity contribution in [2.45, 2.75) is 26.1 Å². The van der Waals surface area contributed by atoms with Crippen LogP contribution in [-0.2, 0) is 28.6 Å². The Balaban J connectivity index is 3.08. The highest BCUT2D eigenvalue weighted by molar-refractivity contribution is 8.03. The fourth-order valence-electron chi connectivity index (χ4n) is 0.851. The summed E-state index contributed by atoms with van der Waals surface area (Å²) < 4.78 is 52.9. The molecule has 78 valence electrons. The third-order valence-electron chi connectivity index (χ3n) is 1.55. The zero-order valence-corrected chi connectivity index (χ0v) is 8.76. The van der Waals surface area contributed by atoms with E-state index in [1.54, 1.807) is 0 Å². The number of hydrogen-bond acceptors (Lipinski definition) is 6. The van der Waals surface area contributed by atoms with Crippen molar-refractivity contribution in [1.29, 1.82) is 0 Å². The van der Waals surface area contributed by atoms with E-state index in [1.807, 2.05) is 0 Å². The topological polar surface area (TPSA) is 86.7 Å². The van der Waals surface area contributed by atoms with Crippen LogP contribution in [0.1, 0.15) is 13.8 Å². The lowest BCUT2D eigenvalue weighted by atomic mass is 10.3. The molecule has 1 aliphatic heterocycles. The van der Waals surface area contributed by atoms with E-state index in [4.69, 9.17) is 0 Å². The van der Waals surface area contributed by atoms with Crippen molar-refractivity contribution in [3.63, 3.8) is 0 Å². The Morgan fingerprint density at radius 2 is 1.23 bits per heavy atom. The first-order valence-corrected chi connectivity index (χ1v) is 6.69. The summed E-state index contributed by atoms with van der Waals surface area (Å²) in [4.78, 5) is 0. The van der Waals surface area contributed by atoms with Gasteiger partial charge in [-0.1, -0.05) is 0 Å². The molecular formula is C5H10O6S2. The van der Waals surface area contributed by atoms with E-state index < -0.39 is 37.5 Å². The van der Waals surface area contributed by atoms with Crippen molar-refractivity contribution in [3.05, 3.63) is 0 Å². The van der Waals surface area contributed by atoms with Gasteiger partial charge in [-0.05, 0) is 13.8 Å². The van der Waals surface area contributed by atoms with Gasteiger partial charge in [-0.15, -0.1) is 0 Å². The van der Waals surface area contributed by atoms with E-state index >= 15 is 0 Å². The van der Waals surface area contributed by atoms with Gasteiger partial charge in [0.25, 0.3) is 20.2 Å². The fourth-order valence-corrected chi connectivity index (χ4v) is 3.95. The van der Waals surface area contributed by atoms with E-state index in [-0.39, 0.29) is 0 Å². The van der Waals surface area contributed by atoms with Gasteiger partial charge in [0, 0.05) is 0 Å². The zero-order valence-electron chi connectivity index (χ0n) is 7.13. The summed E-state index contributed by atoms with van der Waals surface area (Å²) in [5.74, 6) is 0. The highest BCUT2D eigenvalue weighted by Crippen LogP contribution is 2.17. The molecule has 0 aromatic carbocycles. The number of rotatable bonds is 0. The maximum absolute atomic E-state index is 11.0. The van der Waals surface area contributed by atoms with Gasteiger partial charge in [0.2, 0.25) is 5.08 Å². The van der Waals surface area contributed by atoms with E-state index in [0.29, 0.717) is 0 Å². The van der Waals surface area contributed by atoms with Crippen molar-refractivity contribution < 1.29 is 25.2 Å². The summed E-state index contributed by atoms with van der Waals surface area (Å²) in [6.07, 6.45) is -1.58. The molecule has 1 rings (SSSR count). The van der Waals surface area contributed by atoms with Crippen molar-refractivity contribution in [2.75, 3.05) is 5.08 Å². The van der Waals surface area contributed by atoms with Gasteiger partial charge in [0.05, 0.1) is 0 Å². The maximum atomic E-state index is 11.0. The largest absolute Gasteiger partial charge is 0.284 e. The third-order valence-corrected chi connectivity index (χ3v) is 5.05. The monoisotopic (exact) mass is 230 g/mol. The molecule has 0 aromatic rings. The predicted octanol–water partition coefficient (Wildman–Crippen LogP) is -0.573. The summed E-state index contributed by atoms with van der Waals surface area (Å²) in [6, 6.07) is 0. The van der Waals surface area contributed by atoms with Crippen LogP contribution in [0.15, 0.2) is 0 Å². The third kappa shape index (κ3) is 2.90. The smallest absolute Gasteiger partial charge is 0.263 e. The molecule has 0 saturated carbocycles. The van der Waals surface area contributed by atoms with E-state index in [9.17, 15) is 16.8 Å². The molecule has 8 heteroatoms. The molecule has 0 unspecified atom stereocenters. The van der Waals surface area contributed by atoms with Gasteiger partial charge in [-0.3, -0.25) is 8.37 Å². The van der Waals surface area contributed by atoms with E-state index in [0.717, 1.165) is 0 Å². The van der Waals surface area contributed by atoms with Gasteiger partial charge in [-0.25, -0.2) is 0 Å². The molecule has 2 atom stereocenters. The zero-order chi connectivity index (χ0) is 10.3. The Morgan fingerprint density at radius 1 is 0.923 bits per heavy atom. The second kappa shape index (κ2) is 3.19. The molecular weight excluding hydrogens is 220 g/mol. The van der Waals surface area contributed by atoms with Gasteiger partial charge < -0.3 is 0 Å². The molecule has 1 aliphatic rings. The first-order valence-electron chi connectivity index (χ1n) is 3.54. The molecule has 6 nitrogen and oxygen atoms in total. The van der Waals surface area contributed by atoms with Crippen LogP contribution < -0.4 is 0 Å². The molecule has 1 saturated heterocycles. The predicted molar refractivity (Wildman–Crippen MR) is 43.8 cm³/mol. The normalized spacial score (nSPS) is 38.0. The lowest BCUT2D eigenvalue weighted by Crippen LogP contribution is -2.25. The van der Waals surface area contributed by atoms with Crippen LogP contribution in [-0.4, -0.2) is 34.1 Å². The first-order chi connectivity index (χ1) is 5.72. The summed E-state index contributed by atoms with van der Waals surface area (Å²) >= 11 is 0. The highest BCUT2D eigenvalue weighted by Gasteiger charge is 2.35. The maximum Gasteiger partial charge on any atom is 0.284 e. The molecule has 13 heavy (non-hydrogen) atoms. The van der Waals surface area contributed by atoms with Crippen LogP contribution in [0, 0.1) is 0 Å². The van der Waals surface area contributed by atoms with Crippen molar-refractivity contribution in [1.82, 2.24) is 0 Å². The van der Waals surface area contributed by atoms with Crippen LogP contribution in [0.5, 0.6) is 0 Å². The van der Waals surface area contributed by atoms with Crippen LogP contribution in [0.3, 0.4) is 0 Å². The quantitative estimate of drug-likeness (QED) is 0.518. The van der Waals surface area contributed by atoms with Crippen LogP contribution in [0.2, 0.25) is 0 Å². The highest BCUT2D eigenvalue weighted by atomic mass is 32.3. The average molecular weight is 230 g/mol. The second-order valence-electron chi connectivity index (χ2n) is 2.84. The van der Waals surface area contributed by atoms with Crippen LogP contribution in [0.25, 0.3) is 0 Å². The summed E-state index contributed by atoms with van der Waals surface area (Å²) in [6.45, 7) is 2.87. The Morgan fingerprint density at radius 3 is 1.54 bits per heavy atom. The summed E-state index contributed by atoms with van der Waals surface area (Å²) in [5, 5.41) is -1.12. The summed E-state index contributed by atoms with van der Waals surface area (Å²) in [7, 11) is -8.04. The van der Waals surface area contributed by atoms with Crippen molar-refractivity contribution in [2.24, 2.45) is 0 Å². The standard InChI is InChI=1S/C5H10O6S2/c1-4-5(2)11-13(8,9)3-12(6,7)10-4/h4-5H,3H2,1-2H3/t4-,5-/m1/s1. The van der Waals surface area contributed by atoms with Crippen molar-refractivity contribution >= 4 is 20.2 Å². The van der Waals surface area contributed by atoms with Gasteiger partial charge in [0.15, 0.2) is 0 Å². The van der Waals surface area contributed by atoms with Crippen LogP contribution in [0.4, 0.5) is 0 Å². The van der Waals surface area contributed by atoms with Crippen molar-refractivity contribution in [3.8, 4) is 0 Å². The minimum atomic E-state index is -4.02. The first kappa shape index (κ1) is 10.9. The molecule has 0 N–H and O–H groups in total. The van der Waals surface area contributed by atoms with E-state index in [2.05, 4.69) is 8.37 Å². The molecule has 0 amide bonds. The minimum absolute atomic E-state index is 0.790. The van der Waals surface area contributed by atoms with Crippen LogP contribution >= 0.6 is 0 Å². The molecule has 0 bridgehead atoms. The fraction of sp³-hybridized carbons (Fsp3) is 1.00. The molecule has 0 radical (unpaired) electrons. The Bertz CT molecular complexity index is 341. The van der Waals surface area contributed by atoms with Gasteiger partial charge >= 0.3 is 0 Å². The van der Waals surface area contributed by atoms with Gasteiger partial charge in [0.1, 0.15) is 12.2 Å². The Hall–Kier alpha value is -0.180. The Labute approximate surface area is 77.1 Å². The SMILES string of the molecule is C[C@H]1OS(=O)(=O)CS(=O)(=O)O[C@@H]1C. The lowest BCUT2D eigenvalue weighted by molar-refractivity contribution is 0.0950. The minimum Gasteiger partial charge on any atom is -0.263 e. The number of hydrogen-bond donors (Lipinski definition) is 0. The molecule has 1 heterocycles. The lowest BCUT2D eigenvalue weighted by Gasteiger charge is -2.12.